The van der Waals surface area contributed by atoms with Gasteiger partial charge in [-0.25, -0.2) is 0 Å². The lowest BCUT2D eigenvalue weighted by Crippen LogP contribution is -2.45. The SMILES string of the molecule is COc1cc2c(cc1OC)N(C(C)COC=O)CCC2N(Cc1ccccc1)C(=O)Cc1ccccc1Cl. The van der Waals surface area contributed by atoms with E-state index in [-0.39, 0.29) is 31.0 Å². The van der Waals surface area contributed by atoms with Crippen molar-refractivity contribution in [1.29, 1.82) is 0 Å². The van der Waals surface area contributed by atoms with Crippen LogP contribution in [-0.2, 0) is 27.3 Å². The fourth-order valence-electron chi connectivity index (χ4n) is 5.05. The topological polar surface area (TPSA) is 68.3 Å². The molecule has 0 fully saturated rings. The van der Waals surface area contributed by atoms with Crippen molar-refractivity contribution >= 4 is 29.7 Å². The van der Waals surface area contributed by atoms with Gasteiger partial charge in [0.1, 0.15) is 6.61 Å². The molecule has 8 heteroatoms. The molecular formula is C30H33ClN2O5. The van der Waals surface area contributed by atoms with Gasteiger partial charge in [0.2, 0.25) is 5.91 Å². The number of amides is 1. The summed E-state index contributed by atoms with van der Waals surface area (Å²) in [5.41, 5.74) is 3.71. The zero-order valence-corrected chi connectivity index (χ0v) is 22.7. The number of nitrogens with zero attached hydrogens (tertiary/aromatic N) is 2. The monoisotopic (exact) mass is 536 g/mol. The molecule has 200 valence electrons. The van der Waals surface area contributed by atoms with E-state index in [1.807, 2.05) is 72.5 Å². The van der Waals surface area contributed by atoms with E-state index in [0.29, 0.717) is 42.5 Å². The first-order chi connectivity index (χ1) is 18.5. The first-order valence-electron chi connectivity index (χ1n) is 12.6. The first-order valence-corrected chi connectivity index (χ1v) is 13.0. The quantitative estimate of drug-likeness (QED) is 0.304. The Morgan fingerprint density at radius 2 is 1.76 bits per heavy atom. The number of anilines is 1. The van der Waals surface area contributed by atoms with Gasteiger partial charge in [0, 0.05) is 35.4 Å². The highest BCUT2D eigenvalue weighted by Gasteiger charge is 2.35. The minimum absolute atomic E-state index is 0.0153. The van der Waals surface area contributed by atoms with Crippen LogP contribution in [0.5, 0.6) is 11.5 Å². The summed E-state index contributed by atoms with van der Waals surface area (Å²) in [6.45, 7) is 3.84. The van der Waals surface area contributed by atoms with Crippen LogP contribution < -0.4 is 14.4 Å². The Bertz CT molecular complexity index is 1250. The third kappa shape index (κ3) is 6.05. The lowest BCUT2D eigenvalue weighted by molar-refractivity contribution is -0.134. The Morgan fingerprint density at radius 1 is 1.08 bits per heavy atom. The zero-order chi connectivity index (χ0) is 27.1. The molecule has 0 saturated heterocycles. The van der Waals surface area contributed by atoms with Gasteiger partial charge in [-0.05, 0) is 36.6 Å². The van der Waals surface area contributed by atoms with Crippen molar-refractivity contribution < 1.29 is 23.8 Å². The molecule has 0 bridgehead atoms. The first kappa shape index (κ1) is 27.3. The number of hydrogen-bond acceptors (Lipinski definition) is 6. The van der Waals surface area contributed by atoms with Crippen LogP contribution in [0.2, 0.25) is 5.02 Å². The number of halogens is 1. The summed E-state index contributed by atoms with van der Waals surface area (Å²) in [7, 11) is 3.20. The second kappa shape index (κ2) is 12.7. The molecule has 1 amide bonds. The fraction of sp³-hybridized carbons (Fsp3) is 0.333. The van der Waals surface area contributed by atoms with Crippen molar-refractivity contribution in [3.8, 4) is 11.5 Å². The Balaban J connectivity index is 1.77. The summed E-state index contributed by atoms with van der Waals surface area (Å²) in [6, 6.07) is 21.0. The second-order valence-corrected chi connectivity index (χ2v) is 9.73. The average Bonchev–Trinajstić information content (AvgIpc) is 2.95. The molecule has 4 rings (SSSR count). The molecule has 1 heterocycles. The largest absolute Gasteiger partial charge is 0.493 e. The van der Waals surface area contributed by atoms with Crippen LogP contribution in [0.3, 0.4) is 0 Å². The van der Waals surface area contributed by atoms with E-state index in [0.717, 1.165) is 22.4 Å². The summed E-state index contributed by atoms with van der Waals surface area (Å²) < 4.78 is 16.3. The number of benzene rings is 3. The molecule has 0 radical (unpaired) electrons. The molecule has 1 aliphatic heterocycles. The second-order valence-electron chi connectivity index (χ2n) is 9.32. The van der Waals surface area contributed by atoms with E-state index in [9.17, 15) is 9.59 Å². The standard InChI is InChI=1S/C30H33ClN2O5/c1-21(19-38-20-34)32-14-13-26(24-16-28(36-2)29(37-3)17-27(24)32)33(18-22-9-5-4-6-10-22)30(35)15-23-11-7-8-12-25(23)31/h4-12,16-17,20-21,26H,13-15,18-19H2,1-3H3. The van der Waals surface area contributed by atoms with Gasteiger partial charge in [-0.3, -0.25) is 9.59 Å². The lowest BCUT2D eigenvalue weighted by Gasteiger charge is -2.43. The molecule has 0 saturated carbocycles. The Hall–Kier alpha value is -3.71. The van der Waals surface area contributed by atoms with Crippen LogP contribution in [0, 0.1) is 0 Å². The number of carbonyl (C=O) groups is 2. The van der Waals surface area contributed by atoms with Crippen molar-refractivity contribution in [1.82, 2.24) is 4.90 Å². The average molecular weight is 537 g/mol. The zero-order valence-electron chi connectivity index (χ0n) is 21.9. The van der Waals surface area contributed by atoms with E-state index >= 15 is 0 Å². The van der Waals surface area contributed by atoms with Gasteiger partial charge in [-0.1, -0.05) is 60.1 Å². The highest BCUT2D eigenvalue weighted by Crippen LogP contribution is 2.45. The summed E-state index contributed by atoms with van der Waals surface area (Å²) in [5, 5.41) is 0.575. The Labute approximate surface area is 228 Å². The van der Waals surface area contributed by atoms with Crippen molar-refractivity contribution in [2.75, 3.05) is 32.3 Å². The fourth-order valence-corrected chi connectivity index (χ4v) is 5.25. The van der Waals surface area contributed by atoms with Gasteiger partial charge in [-0.15, -0.1) is 0 Å². The molecule has 0 aliphatic carbocycles. The summed E-state index contributed by atoms with van der Waals surface area (Å²) in [6.07, 6.45) is 0.883. The molecule has 7 nitrogen and oxygen atoms in total. The van der Waals surface area contributed by atoms with Crippen LogP contribution in [-0.4, -0.2) is 50.7 Å². The molecule has 2 unspecified atom stereocenters. The Morgan fingerprint density at radius 3 is 2.45 bits per heavy atom. The number of rotatable bonds is 11. The van der Waals surface area contributed by atoms with Gasteiger partial charge >= 0.3 is 0 Å². The van der Waals surface area contributed by atoms with E-state index in [2.05, 4.69) is 4.90 Å². The molecule has 3 aromatic carbocycles. The third-order valence-corrected chi connectivity index (χ3v) is 7.34. The summed E-state index contributed by atoms with van der Waals surface area (Å²) in [5.74, 6) is 1.17. The molecule has 0 spiro atoms. The minimum atomic E-state index is -0.213. The van der Waals surface area contributed by atoms with Gasteiger partial charge in [-0.2, -0.15) is 0 Å². The van der Waals surface area contributed by atoms with Crippen LogP contribution in [0.1, 0.15) is 36.1 Å². The van der Waals surface area contributed by atoms with Crippen LogP contribution in [0.4, 0.5) is 5.69 Å². The molecule has 38 heavy (non-hydrogen) atoms. The van der Waals surface area contributed by atoms with Crippen molar-refractivity contribution in [2.45, 2.75) is 38.4 Å². The minimum Gasteiger partial charge on any atom is -0.493 e. The van der Waals surface area contributed by atoms with Crippen LogP contribution in [0.25, 0.3) is 0 Å². The third-order valence-electron chi connectivity index (χ3n) is 6.97. The predicted molar refractivity (Wildman–Crippen MR) is 148 cm³/mol. The van der Waals surface area contributed by atoms with Crippen LogP contribution in [0.15, 0.2) is 66.7 Å². The lowest BCUT2D eigenvalue weighted by atomic mass is 9.92. The maximum absolute atomic E-state index is 14.0. The molecule has 2 atom stereocenters. The maximum atomic E-state index is 14.0. The highest BCUT2D eigenvalue weighted by atomic mass is 35.5. The number of methoxy groups -OCH3 is 2. The van der Waals surface area contributed by atoms with Gasteiger partial charge in [0.05, 0.1) is 32.7 Å². The van der Waals surface area contributed by atoms with Crippen LogP contribution >= 0.6 is 11.6 Å². The number of hydrogen-bond donors (Lipinski definition) is 0. The molecule has 0 aromatic heterocycles. The molecule has 1 aliphatic rings. The highest BCUT2D eigenvalue weighted by molar-refractivity contribution is 6.31. The maximum Gasteiger partial charge on any atom is 0.293 e. The van der Waals surface area contributed by atoms with Crippen molar-refractivity contribution in [3.05, 3.63) is 88.4 Å². The van der Waals surface area contributed by atoms with Gasteiger partial charge in [0.25, 0.3) is 6.47 Å². The smallest absolute Gasteiger partial charge is 0.293 e. The van der Waals surface area contributed by atoms with Gasteiger partial charge < -0.3 is 24.0 Å². The molecule has 0 N–H and O–H groups in total. The predicted octanol–water partition coefficient (Wildman–Crippen LogP) is 5.44. The normalized spacial score (nSPS) is 15.3. The number of ether oxygens (including phenoxy) is 3. The van der Waals surface area contributed by atoms with Crippen molar-refractivity contribution in [3.63, 3.8) is 0 Å². The molecule has 3 aromatic rings. The summed E-state index contributed by atoms with van der Waals surface area (Å²) in [4.78, 5) is 28.9. The van der Waals surface area contributed by atoms with E-state index < -0.39 is 0 Å². The summed E-state index contributed by atoms with van der Waals surface area (Å²) >= 11 is 6.42. The Kier molecular flexibility index (Phi) is 9.13. The van der Waals surface area contributed by atoms with Gasteiger partial charge in [0.15, 0.2) is 11.5 Å². The van der Waals surface area contributed by atoms with E-state index in [1.54, 1.807) is 20.3 Å². The van der Waals surface area contributed by atoms with Crippen molar-refractivity contribution in [2.24, 2.45) is 0 Å². The number of carbonyl (C=O) groups excluding carboxylic acids is 2. The van der Waals surface area contributed by atoms with E-state index in [4.69, 9.17) is 25.8 Å². The number of fused-ring (bicyclic) bond motifs is 1. The molecular weight excluding hydrogens is 504 g/mol. The van der Waals surface area contributed by atoms with E-state index in [1.165, 1.54) is 0 Å².